The summed E-state index contributed by atoms with van der Waals surface area (Å²) in [5, 5.41) is 3.87. The minimum absolute atomic E-state index is 1.25. The third-order valence-electron chi connectivity index (χ3n) is 6.74. The van der Waals surface area contributed by atoms with Crippen LogP contribution in [0.25, 0.3) is 63.3 Å². The van der Waals surface area contributed by atoms with Crippen molar-refractivity contribution in [2.75, 3.05) is 0 Å². The Bertz CT molecular complexity index is 1780. The lowest BCUT2D eigenvalue weighted by atomic mass is 10.00. The summed E-state index contributed by atoms with van der Waals surface area (Å²) in [5.74, 6) is 0. The van der Waals surface area contributed by atoms with Crippen LogP contribution in [0.2, 0.25) is 0 Å². The second kappa shape index (κ2) is 8.91. The molecule has 0 spiro atoms. The van der Waals surface area contributed by atoms with Gasteiger partial charge in [0.25, 0.3) is 0 Å². The lowest BCUT2D eigenvalue weighted by Gasteiger charge is -2.06. The molecule has 0 saturated heterocycles. The lowest BCUT2D eigenvalue weighted by molar-refractivity contribution is 1.64. The summed E-state index contributed by atoms with van der Waals surface area (Å²) >= 11 is 3.71. The summed E-state index contributed by atoms with van der Waals surface area (Å²) in [7, 11) is 0. The fraction of sp³-hybridized carbons (Fsp3) is 0. The fourth-order valence-corrected chi connectivity index (χ4v) is 6.85. The Morgan fingerprint density at radius 3 is 1.50 bits per heavy atom. The molecule has 7 aromatic rings. The van der Waals surface area contributed by atoms with Crippen molar-refractivity contribution in [1.82, 2.24) is 0 Å². The molecule has 0 N–H and O–H groups in total. The average molecular weight is 495 g/mol. The van der Waals surface area contributed by atoms with Gasteiger partial charge in [-0.15, -0.1) is 22.7 Å². The highest BCUT2D eigenvalue weighted by Gasteiger charge is 2.08. The maximum absolute atomic E-state index is 2.29. The maximum atomic E-state index is 2.29. The molecule has 0 saturated carbocycles. The van der Waals surface area contributed by atoms with Gasteiger partial charge in [0, 0.05) is 19.3 Å². The van der Waals surface area contributed by atoms with Crippen molar-refractivity contribution in [2.45, 2.75) is 0 Å². The van der Waals surface area contributed by atoms with E-state index in [9.17, 15) is 0 Å². The van der Waals surface area contributed by atoms with Crippen LogP contribution in [0.3, 0.4) is 0 Å². The summed E-state index contributed by atoms with van der Waals surface area (Å²) in [6, 6.07) is 48.5. The van der Waals surface area contributed by atoms with E-state index in [0.717, 1.165) is 0 Å². The molecule has 0 atom stereocenters. The highest BCUT2D eigenvalue weighted by molar-refractivity contribution is 7.22. The molecule has 2 heterocycles. The van der Waals surface area contributed by atoms with E-state index in [0.29, 0.717) is 0 Å². The molecule has 5 aromatic carbocycles. The average Bonchev–Trinajstić information content (AvgIpc) is 3.61. The maximum Gasteiger partial charge on any atom is 0.0355 e. The van der Waals surface area contributed by atoms with Crippen molar-refractivity contribution in [1.29, 1.82) is 0 Å². The van der Waals surface area contributed by atoms with Crippen molar-refractivity contribution in [2.24, 2.45) is 0 Å². The molecule has 170 valence electrons. The van der Waals surface area contributed by atoms with Gasteiger partial charge in [-0.3, -0.25) is 0 Å². The van der Waals surface area contributed by atoms with Crippen LogP contribution in [-0.2, 0) is 0 Å². The van der Waals surface area contributed by atoms with E-state index in [1.807, 2.05) is 22.7 Å². The molecule has 0 radical (unpaired) electrons. The third-order valence-corrected chi connectivity index (χ3v) is 9.09. The zero-order chi connectivity index (χ0) is 23.9. The van der Waals surface area contributed by atoms with E-state index in [1.54, 1.807) is 0 Å². The van der Waals surface area contributed by atoms with Gasteiger partial charge in [0.1, 0.15) is 0 Å². The second-order valence-electron chi connectivity index (χ2n) is 9.03. The van der Waals surface area contributed by atoms with Crippen molar-refractivity contribution in [3.8, 4) is 42.4 Å². The molecule has 0 amide bonds. The Morgan fingerprint density at radius 2 is 0.833 bits per heavy atom. The van der Waals surface area contributed by atoms with Crippen LogP contribution >= 0.6 is 22.7 Å². The Kier molecular flexibility index (Phi) is 5.27. The summed E-state index contributed by atoms with van der Waals surface area (Å²) in [6.45, 7) is 0. The monoisotopic (exact) mass is 494 g/mol. The van der Waals surface area contributed by atoms with E-state index < -0.39 is 0 Å². The highest BCUT2D eigenvalue weighted by Crippen LogP contribution is 2.38. The lowest BCUT2D eigenvalue weighted by Crippen LogP contribution is -1.80. The van der Waals surface area contributed by atoms with Gasteiger partial charge in [0.05, 0.1) is 0 Å². The van der Waals surface area contributed by atoms with Gasteiger partial charge in [-0.05, 0) is 74.3 Å². The standard InChI is InChI=1S/C34H22S2/c1-2-6-28-21-29(18-11-23(28)5-1)24-9-12-25(13-10-24)32-19-20-33(35-32)26-14-16-27(17-15-26)34-22-30-7-3-4-8-31(30)36-34/h1-22H. The van der Waals surface area contributed by atoms with E-state index >= 15 is 0 Å². The molecule has 0 fully saturated rings. The molecule has 0 nitrogen and oxygen atoms in total. The number of benzene rings is 5. The van der Waals surface area contributed by atoms with Gasteiger partial charge in [-0.1, -0.05) is 103 Å². The smallest absolute Gasteiger partial charge is 0.0355 e. The van der Waals surface area contributed by atoms with Gasteiger partial charge in [0.15, 0.2) is 0 Å². The van der Waals surface area contributed by atoms with Crippen LogP contribution < -0.4 is 0 Å². The molecular weight excluding hydrogens is 473 g/mol. The first-order valence-corrected chi connectivity index (χ1v) is 13.7. The summed E-state index contributed by atoms with van der Waals surface area (Å²) in [4.78, 5) is 3.91. The normalized spacial score (nSPS) is 11.3. The second-order valence-corrected chi connectivity index (χ2v) is 11.2. The summed E-state index contributed by atoms with van der Waals surface area (Å²) in [5.41, 5.74) is 6.31. The zero-order valence-corrected chi connectivity index (χ0v) is 21.2. The van der Waals surface area contributed by atoms with Crippen LogP contribution in [0.4, 0.5) is 0 Å². The predicted octanol–water partition coefficient (Wildman–Crippen LogP) is 10.8. The zero-order valence-electron chi connectivity index (χ0n) is 19.5. The van der Waals surface area contributed by atoms with Crippen molar-refractivity contribution < 1.29 is 0 Å². The van der Waals surface area contributed by atoms with E-state index in [-0.39, 0.29) is 0 Å². The quantitative estimate of drug-likeness (QED) is 0.228. The first-order valence-electron chi connectivity index (χ1n) is 12.1. The molecule has 0 aliphatic heterocycles. The van der Waals surface area contributed by atoms with Gasteiger partial charge in [-0.25, -0.2) is 0 Å². The van der Waals surface area contributed by atoms with Gasteiger partial charge < -0.3 is 0 Å². The van der Waals surface area contributed by atoms with Crippen LogP contribution in [0.15, 0.2) is 133 Å². The Labute approximate surface area is 218 Å². The van der Waals surface area contributed by atoms with Crippen LogP contribution in [-0.4, -0.2) is 0 Å². The van der Waals surface area contributed by atoms with Gasteiger partial charge in [-0.2, -0.15) is 0 Å². The minimum atomic E-state index is 1.25. The number of hydrogen-bond acceptors (Lipinski definition) is 2. The first-order chi connectivity index (χ1) is 17.8. The molecule has 0 unspecified atom stereocenters. The molecule has 0 aliphatic carbocycles. The SMILES string of the molecule is c1ccc2cc(-c3ccc(-c4ccc(-c5ccc(-c6cc7ccccc7s6)cc5)s4)cc3)ccc2c1. The molecule has 0 aliphatic rings. The summed E-state index contributed by atoms with van der Waals surface area (Å²) < 4.78 is 1.34. The van der Waals surface area contributed by atoms with Crippen molar-refractivity contribution in [3.05, 3.63) is 133 Å². The van der Waals surface area contributed by atoms with E-state index in [4.69, 9.17) is 0 Å². The fourth-order valence-electron chi connectivity index (χ4n) is 4.77. The van der Waals surface area contributed by atoms with Crippen LogP contribution in [0.5, 0.6) is 0 Å². The van der Waals surface area contributed by atoms with Crippen molar-refractivity contribution in [3.63, 3.8) is 0 Å². The Morgan fingerprint density at radius 1 is 0.306 bits per heavy atom. The molecule has 2 aromatic heterocycles. The van der Waals surface area contributed by atoms with E-state index in [1.165, 1.54) is 63.3 Å². The Hall–Kier alpha value is -3.98. The number of rotatable bonds is 4. The third kappa shape index (κ3) is 3.95. The highest BCUT2D eigenvalue weighted by atomic mass is 32.1. The topological polar surface area (TPSA) is 0 Å². The molecule has 36 heavy (non-hydrogen) atoms. The molecular formula is C34H22S2. The Balaban J connectivity index is 1.13. The van der Waals surface area contributed by atoms with Gasteiger partial charge in [0.2, 0.25) is 0 Å². The van der Waals surface area contributed by atoms with E-state index in [2.05, 4.69) is 133 Å². The van der Waals surface area contributed by atoms with Gasteiger partial charge >= 0.3 is 0 Å². The first kappa shape index (κ1) is 21.3. The number of hydrogen-bond donors (Lipinski definition) is 0. The summed E-state index contributed by atoms with van der Waals surface area (Å²) in [6.07, 6.45) is 0. The molecule has 2 heteroatoms. The number of thiophene rings is 2. The molecule has 7 rings (SSSR count). The molecule has 0 bridgehead atoms. The van der Waals surface area contributed by atoms with Crippen molar-refractivity contribution >= 4 is 43.5 Å². The largest absolute Gasteiger partial charge is 0.135 e. The van der Waals surface area contributed by atoms with Crippen LogP contribution in [0, 0.1) is 0 Å². The predicted molar refractivity (Wildman–Crippen MR) is 159 cm³/mol. The minimum Gasteiger partial charge on any atom is -0.135 e. The number of fused-ring (bicyclic) bond motifs is 2. The van der Waals surface area contributed by atoms with Crippen LogP contribution in [0.1, 0.15) is 0 Å².